The Balaban J connectivity index is 0.00000320. The number of halogens is 2. The van der Waals surface area contributed by atoms with Gasteiger partial charge < -0.3 is 20.1 Å². The molecule has 164 valence electrons. The van der Waals surface area contributed by atoms with Crippen molar-refractivity contribution in [3.05, 3.63) is 65.0 Å². The Bertz CT molecular complexity index is 843. The van der Waals surface area contributed by atoms with Gasteiger partial charge in [-0.25, -0.2) is 4.39 Å². The van der Waals surface area contributed by atoms with Crippen molar-refractivity contribution < 1.29 is 13.9 Å². The van der Waals surface area contributed by atoms with Crippen molar-refractivity contribution in [3.63, 3.8) is 0 Å². The van der Waals surface area contributed by atoms with E-state index in [2.05, 4.69) is 27.8 Å². The minimum Gasteiger partial charge on any atom is -0.490 e. The maximum Gasteiger partial charge on any atom is 0.191 e. The smallest absolute Gasteiger partial charge is 0.191 e. The maximum atomic E-state index is 14.4. The van der Waals surface area contributed by atoms with Crippen molar-refractivity contribution in [2.45, 2.75) is 39.0 Å². The highest BCUT2D eigenvalue weighted by atomic mass is 127. The third-order valence-electron chi connectivity index (χ3n) is 5.07. The molecule has 2 aromatic rings. The predicted molar refractivity (Wildman–Crippen MR) is 129 cm³/mol. The van der Waals surface area contributed by atoms with Crippen LogP contribution in [0.2, 0.25) is 0 Å². The van der Waals surface area contributed by atoms with Gasteiger partial charge in [0.25, 0.3) is 0 Å². The molecular weight excluding hydrogens is 496 g/mol. The molecule has 30 heavy (non-hydrogen) atoms. The van der Waals surface area contributed by atoms with E-state index >= 15 is 0 Å². The molecule has 0 radical (unpaired) electrons. The first kappa shape index (κ1) is 24.4. The number of nitrogens with one attached hydrogen (secondary N) is 2. The second kappa shape index (κ2) is 12.1. The molecule has 2 aromatic carbocycles. The SMILES string of the molecule is CN=C(NCc1ccccc1COC)NC(C)c1ccc(OCC2CC2)c(F)c1.I. The molecule has 0 saturated heterocycles. The summed E-state index contributed by atoms with van der Waals surface area (Å²) >= 11 is 0. The second-order valence-electron chi connectivity index (χ2n) is 7.44. The molecule has 1 aliphatic rings. The molecule has 1 saturated carbocycles. The number of hydrogen-bond acceptors (Lipinski definition) is 3. The largest absolute Gasteiger partial charge is 0.490 e. The molecule has 1 unspecified atom stereocenters. The van der Waals surface area contributed by atoms with Crippen molar-refractivity contribution in [3.8, 4) is 5.75 Å². The van der Waals surface area contributed by atoms with Crippen molar-refractivity contribution in [1.82, 2.24) is 10.6 Å². The summed E-state index contributed by atoms with van der Waals surface area (Å²) in [5, 5.41) is 6.63. The molecule has 1 aliphatic carbocycles. The molecule has 3 rings (SSSR count). The zero-order valence-corrected chi connectivity index (χ0v) is 20.1. The Labute approximate surface area is 195 Å². The lowest BCUT2D eigenvalue weighted by atomic mass is 10.1. The molecular formula is C23H31FIN3O2. The predicted octanol–water partition coefficient (Wildman–Crippen LogP) is 4.81. The summed E-state index contributed by atoms with van der Waals surface area (Å²) in [6.45, 7) is 3.76. The van der Waals surface area contributed by atoms with E-state index in [1.165, 1.54) is 18.9 Å². The van der Waals surface area contributed by atoms with Gasteiger partial charge in [0.05, 0.1) is 19.3 Å². The van der Waals surface area contributed by atoms with Crippen LogP contribution < -0.4 is 15.4 Å². The molecule has 7 heteroatoms. The standard InChI is InChI=1S/C23H30FN3O2.HI/c1-16(18-10-11-22(21(24)12-18)29-14-17-8-9-17)27-23(25-2)26-13-19-6-4-5-7-20(19)15-28-3;/h4-7,10-12,16-17H,8-9,13-15H2,1-3H3,(H2,25,26,27);1H. The molecule has 0 aliphatic heterocycles. The van der Waals surface area contributed by atoms with E-state index in [9.17, 15) is 4.39 Å². The van der Waals surface area contributed by atoms with Gasteiger partial charge in [0.1, 0.15) is 0 Å². The maximum absolute atomic E-state index is 14.4. The quantitative estimate of drug-likeness (QED) is 0.280. The summed E-state index contributed by atoms with van der Waals surface area (Å²) < 4.78 is 25.2. The van der Waals surface area contributed by atoms with Crippen LogP contribution in [-0.2, 0) is 17.9 Å². The zero-order chi connectivity index (χ0) is 20.6. The van der Waals surface area contributed by atoms with Crippen LogP contribution in [0.25, 0.3) is 0 Å². The monoisotopic (exact) mass is 527 g/mol. The minimum absolute atomic E-state index is 0. The van der Waals surface area contributed by atoms with Gasteiger partial charge in [-0.1, -0.05) is 30.3 Å². The summed E-state index contributed by atoms with van der Waals surface area (Å²) in [4.78, 5) is 4.28. The Morgan fingerprint density at radius 1 is 1.20 bits per heavy atom. The number of rotatable bonds is 9. The number of benzene rings is 2. The van der Waals surface area contributed by atoms with Crippen molar-refractivity contribution in [2.24, 2.45) is 10.9 Å². The van der Waals surface area contributed by atoms with Gasteiger partial charge in [0, 0.05) is 20.7 Å². The summed E-state index contributed by atoms with van der Waals surface area (Å²) in [6, 6.07) is 13.1. The third kappa shape index (κ3) is 7.12. The van der Waals surface area contributed by atoms with Crippen molar-refractivity contribution in [2.75, 3.05) is 20.8 Å². The van der Waals surface area contributed by atoms with E-state index in [-0.39, 0.29) is 35.8 Å². The van der Waals surface area contributed by atoms with E-state index in [4.69, 9.17) is 9.47 Å². The van der Waals surface area contributed by atoms with Crippen molar-refractivity contribution in [1.29, 1.82) is 0 Å². The highest BCUT2D eigenvalue weighted by Gasteiger charge is 2.22. The second-order valence-corrected chi connectivity index (χ2v) is 7.44. The van der Waals surface area contributed by atoms with Gasteiger partial charge in [-0.2, -0.15) is 0 Å². The highest BCUT2D eigenvalue weighted by molar-refractivity contribution is 14.0. The third-order valence-corrected chi connectivity index (χ3v) is 5.07. The number of nitrogens with zero attached hydrogens (tertiary/aromatic N) is 1. The van der Waals surface area contributed by atoms with Crippen LogP contribution in [0.1, 0.15) is 42.5 Å². The van der Waals surface area contributed by atoms with E-state index in [1.54, 1.807) is 20.2 Å². The number of hydrogen-bond donors (Lipinski definition) is 2. The van der Waals surface area contributed by atoms with Gasteiger partial charge >= 0.3 is 0 Å². The summed E-state index contributed by atoms with van der Waals surface area (Å²) in [5.41, 5.74) is 3.12. The molecule has 2 N–H and O–H groups in total. The number of methoxy groups -OCH3 is 1. The van der Waals surface area contributed by atoms with E-state index in [0.717, 1.165) is 16.7 Å². The van der Waals surface area contributed by atoms with Crippen LogP contribution in [0.15, 0.2) is 47.5 Å². The first-order valence-electron chi connectivity index (χ1n) is 10.1. The average molecular weight is 527 g/mol. The van der Waals surface area contributed by atoms with Crippen LogP contribution >= 0.6 is 24.0 Å². The Morgan fingerprint density at radius 2 is 1.93 bits per heavy atom. The Kier molecular flexibility index (Phi) is 9.84. The number of guanidine groups is 1. The molecule has 1 atom stereocenters. The Morgan fingerprint density at radius 3 is 2.57 bits per heavy atom. The van der Waals surface area contributed by atoms with Crippen LogP contribution in [0.3, 0.4) is 0 Å². The number of aliphatic imine (C=N–C) groups is 1. The normalized spacial score (nSPS) is 14.6. The summed E-state index contributed by atoms with van der Waals surface area (Å²) in [5.74, 6) is 1.25. The zero-order valence-electron chi connectivity index (χ0n) is 17.8. The molecule has 0 aromatic heterocycles. The lowest BCUT2D eigenvalue weighted by Gasteiger charge is -2.19. The van der Waals surface area contributed by atoms with Crippen LogP contribution in [0.4, 0.5) is 4.39 Å². The van der Waals surface area contributed by atoms with Gasteiger partial charge in [-0.3, -0.25) is 4.99 Å². The van der Waals surface area contributed by atoms with E-state index in [0.29, 0.717) is 37.4 Å². The lowest BCUT2D eigenvalue weighted by Crippen LogP contribution is -2.38. The minimum atomic E-state index is -0.326. The van der Waals surface area contributed by atoms with Gasteiger partial charge in [-0.05, 0) is 54.5 Å². The molecule has 1 fully saturated rings. The first-order valence-corrected chi connectivity index (χ1v) is 10.1. The van der Waals surface area contributed by atoms with E-state index in [1.807, 2.05) is 25.1 Å². The van der Waals surface area contributed by atoms with Crippen LogP contribution in [0, 0.1) is 11.7 Å². The van der Waals surface area contributed by atoms with Crippen LogP contribution in [-0.4, -0.2) is 26.7 Å². The lowest BCUT2D eigenvalue weighted by molar-refractivity contribution is 0.184. The molecule has 5 nitrogen and oxygen atoms in total. The highest BCUT2D eigenvalue weighted by Crippen LogP contribution is 2.30. The number of ether oxygens (including phenoxy) is 2. The van der Waals surface area contributed by atoms with Crippen molar-refractivity contribution >= 4 is 29.9 Å². The fraction of sp³-hybridized carbons (Fsp3) is 0.435. The van der Waals surface area contributed by atoms with Gasteiger partial charge in [0.2, 0.25) is 0 Å². The molecule has 0 bridgehead atoms. The van der Waals surface area contributed by atoms with Gasteiger partial charge in [-0.15, -0.1) is 24.0 Å². The first-order chi connectivity index (χ1) is 14.1. The fourth-order valence-corrected chi connectivity index (χ4v) is 3.08. The molecule has 0 heterocycles. The summed E-state index contributed by atoms with van der Waals surface area (Å²) in [7, 11) is 3.41. The molecule has 0 spiro atoms. The summed E-state index contributed by atoms with van der Waals surface area (Å²) in [6.07, 6.45) is 2.37. The van der Waals surface area contributed by atoms with Gasteiger partial charge in [0.15, 0.2) is 17.5 Å². The van der Waals surface area contributed by atoms with Crippen LogP contribution in [0.5, 0.6) is 5.75 Å². The van der Waals surface area contributed by atoms with E-state index < -0.39 is 0 Å². The Hall–Kier alpha value is -1.87. The molecule has 0 amide bonds. The average Bonchev–Trinajstić information content (AvgIpc) is 3.55. The topological polar surface area (TPSA) is 54.9 Å². The fourth-order valence-electron chi connectivity index (χ4n) is 3.08.